The highest BCUT2D eigenvalue weighted by atomic mass is 16.4. The van der Waals surface area contributed by atoms with Crippen LogP contribution in [0.3, 0.4) is 0 Å². The van der Waals surface area contributed by atoms with E-state index in [2.05, 4.69) is 6.07 Å². The lowest BCUT2D eigenvalue weighted by Gasteiger charge is -2.12. The van der Waals surface area contributed by atoms with E-state index in [1.54, 1.807) is 12.1 Å². The standard InChI is InChI=1S/C21H20O4/c1-13-8-15(3-2-14(13)11-20(23)12-22)16-4-5-18-10-19(21(24)25)7-6-17(18)9-16/h2-10,20,22-23H,11-12H2,1H3,(H,24,25). The summed E-state index contributed by atoms with van der Waals surface area (Å²) in [7, 11) is 0. The number of aliphatic hydroxyl groups excluding tert-OH is 2. The molecule has 25 heavy (non-hydrogen) atoms. The van der Waals surface area contributed by atoms with Crippen LogP contribution >= 0.6 is 0 Å². The van der Waals surface area contributed by atoms with Crippen LogP contribution in [-0.4, -0.2) is 34.0 Å². The van der Waals surface area contributed by atoms with Crippen LogP contribution in [0.25, 0.3) is 21.9 Å². The van der Waals surface area contributed by atoms with Crippen LogP contribution in [-0.2, 0) is 6.42 Å². The topological polar surface area (TPSA) is 77.8 Å². The monoisotopic (exact) mass is 336 g/mol. The Balaban J connectivity index is 1.94. The summed E-state index contributed by atoms with van der Waals surface area (Å²) in [6.07, 6.45) is -0.313. The molecule has 0 heterocycles. The van der Waals surface area contributed by atoms with Crippen molar-refractivity contribution in [2.45, 2.75) is 19.4 Å². The first-order chi connectivity index (χ1) is 12.0. The van der Waals surface area contributed by atoms with E-state index in [-0.39, 0.29) is 12.2 Å². The highest BCUT2D eigenvalue weighted by Gasteiger charge is 2.09. The first-order valence-electron chi connectivity index (χ1n) is 8.14. The van der Waals surface area contributed by atoms with E-state index in [0.717, 1.165) is 33.0 Å². The lowest BCUT2D eigenvalue weighted by Crippen LogP contribution is -2.15. The van der Waals surface area contributed by atoms with Crippen molar-refractivity contribution < 1.29 is 20.1 Å². The molecule has 0 aliphatic rings. The molecule has 0 radical (unpaired) electrons. The molecule has 0 saturated heterocycles. The van der Waals surface area contributed by atoms with Gasteiger partial charge in [-0.2, -0.15) is 0 Å². The molecule has 1 atom stereocenters. The number of aliphatic hydroxyl groups is 2. The van der Waals surface area contributed by atoms with Gasteiger partial charge >= 0.3 is 5.97 Å². The number of carbonyl (C=O) groups is 1. The minimum Gasteiger partial charge on any atom is -0.478 e. The number of aromatic carboxylic acids is 1. The first kappa shape index (κ1) is 17.1. The predicted octanol–water partition coefficient (Wildman–Crippen LogP) is 3.41. The van der Waals surface area contributed by atoms with Crippen LogP contribution in [0.1, 0.15) is 21.5 Å². The molecule has 3 rings (SSSR count). The van der Waals surface area contributed by atoms with Crippen molar-refractivity contribution in [1.29, 1.82) is 0 Å². The number of carboxylic acids is 1. The van der Waals surface area contributed by atoms with Gasteiger partial charge in [0.2, 0.25) is 0 Å². The summed E-state index contributed by atoms with van der Waals surface area (Å²) >= 11 is 0. The summed E-state index contributed by atoms with van der Waals surface area (Å²) in [6, 6.07) is 17.1. The van der Waals surface area contributed by atoms with Gasteiger partial charge in [-0.3, -0.25) is 0 Å². The van der Waals surface area contributed by atoms with Gasteiger partial charge in [0.1, 0.15) is 0 Å². The van der Waals surface area contributed by atoms with Gasteiger partial charge in [-0.05, 0) is 58.1 Å². The zero-order chi connectivity index (χ0) is 18.0. The predicted molar refractivity (Wildman–Crippen MR) is 97.9 cm³/mol. The van der Waals surface area contributed by atoms with Crippen LogP contribution in [0.5, 0.6) is 0 Å². The molecular formula is C21H20O4. The maximum absolute atomic E-state index is 11.1. The molecule has 4 nitrogen and oxygen atoms in total. The van der Waals surface area contributed by atoms with E-state index in [1.807, 2.05) is 43.3 Å². The molecular weight excluding hydrogens is 316 g/mol. The quantitative estimate of drug-likeness (QED) is 0.667. The van der Waals surface area contributed by atoms with Crippen molar-refractivity contribution >= 4 is 16.7 Å². The summed E-state index contributed by atoms with van der Waals surface area (Å²) in [4.78, 5) is 11.1. The Bertz CT molecular complexity index is 930. The molecule has 0 saturated carbocycles. The molecule has 0 aromatic heterocycles. The van der Waals surface area contributed by atoms with Crippen molar-refractivity contribution in [3.63, 3.8) is 0 Å². The van der Waals surface area contributed by atoms with Crippen LogP contribution < -0.4 is 0 Å². The van der Waals surface area contributed by atoms with Crippen LogP contribution in [0.2, 0.25) is 0 Å². The Hall–Kier alpha value is -2.69. The van der Waals surface area contributed by atoms with E-state index in [4.69, 9.17) is 10.2 Å². The van der Waals surface area contributed by atoms with Gasteiger partial charge < -0.3 is 15.3 Å². The third-order valence-corrected chi connectivity index (χ3v) is 4.43. The second-order valence-electron chi connectivity index (χ2n) is 6.26. The molecule has 0 aliphatic carbocycles. The van der Waals surface area contributed by atoms with Crippen molar-refractivity contribution in [1.82, 2.24) is 0 Å². The van der Waals surface area contributed by atoms with Gasteiger partial charge in [-0.15, -0.1) is 0 Å². The SMILES string of the molecule is Cc1cc(-c2ccc3cc(C(=O)O)ccc3c2)ccc1CC(O)CO. The number of rotatable bonds is 5. The fraction of sp³-hybridized carbons (Fsp3) is 0.190. The first-order valence-corrected chi connectivity index (χ1v) is 8.14. The Morgan fingerprint density at radius 1 is 0.960 bits per heavy atom. The second kappa shape index (κ2) is 7.05. The molecule has 3 N–H and O–H groups in total. The number of hydrogen-bond acceptors (Lipinski definition) is 3. The van der Waals surface area contributed by atoms with Gasteiger partial charge in [-0.1, -0.05) is 36.4 Å². The third kappa shape index (κ3) is 3.71. The molecule has 0 amide bonds. The summed E-state index contributed by atoms with van der Waals surface area (Å²) < 4.78 is 0. The lowest BCUT2D eigenvalue weighted by molar-refractivity contribution is 0.0697. The average Bonchev–Trinajstić information content (AvgIpc) is 2.62. The van der Waals surface area contributed by atoms with Crippen molar-refractivity contribution in [2.75, 3.05) is 6.61 Å². The van der Waals surface area contributed by atoms with E-state index in [9.17, 15) is 9.90 Å². The minimum atomic E-state index is -0.928. The van der Waals surface area contributed by atoms with E-state index in [1.165, 1.54) is 0 Å². The summed E-state index contributed by atoms with van der Waals surface area (Å²) in [5, 5.41) is 29.6. The zero-order valence-corrected chi connectivity index (χ0v) is 13.9. The Morgan fingerprint density at radius 2 is 1.60 bits per heavy atom. The molecule has 1 unspecified atom stereocenters. The van der Waals surface area contributed by atoms with E-state index in [0.29, 0.717) is 6.42 Å². The van der Waals surface area contributed by atoms with Gasteiger partial charge in [-0.25, -0.2) is 4.79 Å². The molecule has 3 aromatic carbocycles. The number of fused-ring (bicyclic) bond motifs is 1. The van der Waals surface area contributed by atoms with Crippen LogP contribution in [0.4, 0.5) is 0 Å². The highest BCUT2D eigenvalue weighted by molar-refractivity contribution is 5.95. The number of carboxylic acid groups (broad SMARTS) is 1. The van der Waals surface area contributed by atoms with Crippen molar-refractivity contribution in [3.8, 4) is 11.1 Å². The van der Waals surface area contributed by atoms with Crippen LogP contribution in [0.15, 0.2) is 54.6 Å². The van der Waals surface area contributed by atoms with Crippen molar-refractivity contribution in [2.24, 2.45) is 0 Å². The second-order valence-corrected chi connectivity index (χ2v) is 6.26. The smallest absolute Gasteiger partial charge is 0.335 e. The fourth-order valence-electron chi connectivity index (χ4n) is 2.98. The number of benzene rings is 3. The Kier molecular flexibility index (Phi) is 4.83. The van der Waals surface area contributed by atoms with Gasteiger partial charge in [0.05, 0.1) is 18.3 Å². The van der Waals surface area contributed by atoms with Crippen LogP contribution in [0, 0.1) is 6.92 Å². The zero-order valence-electron chi connectivity index (χ0n) is 13.9. The highest BCUT2D eigenvalue weighted by Crippen LogP contribution is 2.27. The normalized spacial score (nSPS) is 12.3. The molecule has 0 bridgehead atoms. The summed E-state index contributed by atoms with van der Waals surface area (Å²) in [5.74, 6) is -0.928. The molecule has 128 valence electrons. The average molecular weight is 336 g/mol. The maximum Gasteiger partial charge on any atom is 0.335 e. The Labute approximate surface area is 146 Å². The number of aryl methyl sites for hydroxylation is 1. The summed E-state index contributed by atoms with van der Waals surface area (Å²) in [6.45, 7) is 1.74. The van der Waals surface area contributed by atoms with E-state index >= 15 is 0 Å². The van der Waals surface area contributed by atoms with E-state index < -0.39 is 12.1 Å². The largest absolute Gasteiger partial charge is 0.478 e. The molecule has 0 spiro atoms. The lowest BCUT2D eigenvalue weighted by atomic mass is 9.95. The third-order valence-electron chi connectivity index (χ3n) is 4.43. The van der Waals surface area contributed by atoms with Crippen molar-refractivity contribution in [3.05, 3.63) is 71.3 Å². The number of hydrogen-bond donors (Lipinski definition) is 3. The minimum absolute atomic E-state index is 0.246. The Morgan fingerprint density at radius 3 is 2.28 bits per heavy atom. The van der Waals surface area contributed by atoms with Gasteiger partial charge in [0.25, 0.3) is 0 Å². The molecule has 3 aromatic rings. The summed E-state index contributed by atoms with van der Waals surface area (Å²) in [5.41, 5.74) is 4.46. The molecule has 0 aliphatic heterocycles. The fourth-order valence-corrected chi connectivity index (χ4v) is 2.98. The van der Waals surface area contributed by atoms with Gasteiger partial charge in [0.15, 0.2) is 0 Å². The molecule has 0 fully saturated rings. The maximum atomic E-state index is 11.1. The molecule has 4 heteroatoms. The van der Waals surface area contributed by atoms with Gasteiger partial charge in [0, 0.05) is 6.42 Å².